The molecule has 0 bridgehead atoms. The molecular weight excluding hydrogens is 360 g/mol. The Morgan fingerprint density at radius 2 is 1.78 bits per heavy atom. The molecule has 1 atom stereocenters. The highest BCUT2D eigenvalue weighted by molar-refractivity contribution is 8.00. The first-order valence-corrected chi connectivity index (χ1v) is 9.86. The summed E-state index contributed by atoms with van der Waals surface area (Å²) < 4.78 is 0. The second-order valence-corrected chi connectivity index (χ2v) is 7.81. The minimum Gasteiger partial charge on any atom is -0.326 e. The first-order chi connectivity index (χ1) is 13.0. The molecule has 0 spiro atoms. The van der Waals surface area contributed by atoms with E-state index in [0.717, 1.165) is 22.6 Å². The third-order valence-electron chi connectivity index (χ3n) is 4.29. The zero-order chi connectivity index (χ0) is 19.4. The van der Waals surface area contributed by atoms with E-state index in [1.54, 1.807) is 12.1 Å². The summed E-state index contributed by atoms with van der Waals surface area (Å²) in [5.41, 5.74) is 2.43. The van der Waals surface area contributed by atoms with Crippen LogP contribution in [0.2, 0.25) is 0 Å². The molecule has 0 saturated carbocycles. The van der Waals surface area contributed by atoms with Crippen LogP contribution in [0.25, 0.3) is 0 Å². The molecule has 1 fully saturated rings. The number of benzene rings is 2. The lowest BCUT2D eigenvalue weighted by molar-refractivity contribution is -0.121. The number of anilines is 2. The zero-order valence-electron chi connectivity index (χ0n) is 15.4. The Bertz CT molecular complexity index is 847. The predicted octanol–water partition coefficient (Wildman–Crippen LogP) is 4.16. The van der Waals surface area contributed by atoms with Crippen molar-refractivity contribution in [2.24, 2.45) is 0 Å². The number of nitrogens with one attached hydrogen (secondary N) is 1. The maximum Gasteiger partial charge on any atom is 0.247 e. The first-order valence-electron chi connectivity index (χ1n) is 8.98. The number of aryl methyl sites for hydroxylation is 1. The maximum atomic E-state index is 12.7. The summed E-state index contributed by atoms with van der Waals surface area (Å²) in [6, 6.07) is 14.7. The van der Waals surface area contributed by atoms with Gasteiger partial charge >= 0.3 is 0 Å². The summed E-state index contributed by atoms with van der Waals surface area (Å²) in [5.74, 6) is -0.373. The first kappa shape index (κ1) is 19.2. The van der Waals surface area contributed by atoms with Crippen molar-refractivity contribution >= 4 is 40.9 Å². The van der Waals surface area contributed by atoms with Crippen LogP contribution in [0.4, 0.5) is 11.4 Å². The predicted molar refractivity (Wildman–Crippen MR) is 108 cm³/mol. The van der Waals surface area contributed by atoms with Gasteiger partial charge in [0.2, 0.25) is 17.7 Å². The van der Waals surface area contributed by atoms with Crippen LogP contribution >= 0.6 is 11.8 Å². The molecule has 3 rings (SSSR count). The molecule has 3 amide bonds. The lowest BCUT2D eigenvalue weighted by Crippen LogP contribution is -2.31. The smallest absolute Gasteiger partial charge is 0.247 e. The number of nitrogens with zero attached hydrogens (tertiary/aromatic N) is 1. The van der Waals surface area contributed by atoms with Crippen molar-refractivity contribution in [3.05, 3.63) is 54.1 Å². The van der Waals surface area contributed by atoms with Gasteiger partial charge in [-0.1, -0.05) is 24.6 Å². The van der Waals surface area contributed by atoms with Gasteiger partial charge in [-0.2, -0.15) is 0 Å². The fourth-order valence-corrected chi connectivity index (χ4v) is 3.95. The highest BCUT2D eigenvalue weighted by Crippen LogP contribution is 2.34. The molecule has 1 aliphatic heterocycles. The summed E-state index contributed by atoms with van der Waals surface area (Å²) in [6.07, 6.45) is 1.48. The number of carbonyl (C=O) groups is 3. The molecule has 27 heavy (non-hydrogen) atoms. The number of hydrogen-bond acceptors (Lipinski definition) is 4. The molecule has 1 heterocycles. The monoisotopic (exact) mass is 382 g/mol. The van der Waals surface area contributed by atoms with Gasteiger partial charge in [0.05, 0.1) is 10.9 Å². The summed E-state index contributed by atoms with van der Waals surface area (Å²) in [6.45, 7) is 3.92. The van der Waals surface area contributed by atoms with Crippen molar-refractivity contribution < 1.29 is 14.4 Å². The van der Waals surface area contributed by atoms with Crippen molar-refractivity contribution in [3.8, 4) is 0 Å². The van der Waals surface area contributed by atoms with E-state index in [1.165, 1.54) is 16.7 Å². The van der Waals surface area contributed by atoms with Crippen molar-refractivity contribution in [2.75, 3.05) is 10.2 Å². The molecule has 1 N–H and O–H groups in total. The van der Waals surface area contributed by atoms with Gasteiger partial charge in [0.1, 0.15) is 0 Å². The van der Waals surface area contributed by atoms with E-state index in [9.17, 15) is 14.4 Å². The minimum atomic E-state index is -0.431. The van der Waals surface area contributed by atoms with E-state index < -0.39 is 5.25 Å². The lowest BCUT2D eigenvalue weighted by atomic mass is 10.2. The number of amides is 3. The fraction of sp³-hybridized carbons (Fsp3) is 0.286. The van der Waals surface area contributed by atoms with Gasteiger partial charge in [0, 0.05) is 23.4 Å². The number of imide groups is 1. The molecular formula is C21H22N2O3S. The van der Waals surface area contributed by atoms with Crippen LogP contribution in [0.1, 0.15) is 31.7 Å². The number of hydrogen-bond donors (Lipinski definition) is 1. The molecule has 0 unspecified atom stereocenters. The van der Waals surface area contributed by atoms with Crippen molar-refractivity contribution in [1.29, 1.82) is 0 Å². The van der Waals surface area contributed by atoms with E-state index in [1.807, 2.05) is 50.2 Å². The number of carbonyl (C=O) groups excluding carboxylic acids is 3. The third kappa shape index (κ3) is 4.57. The van der Waals surface area contributed by atoms with Crippen molar-refractivity contribution in [3.63, 3.8) is 0 Å². The molecule has 0 radical (unpaired) electrons. The van der Waals surface area contributed by atoms with Crippen molar-refractivity contribution in [1.82, 2.24) is 0 Å². The molecule has 0 aliphatic carbocycles. The average molecular weight is 382 g/mol. The third-order valence-corrected chi connectivity index (χ3v) is 5.49. The summed E-state index contributed by atoms with van der Waals surface area (Å²) in [7, 11) is 0. The highest BCUT2D eigenvalue weighted by Gasteiger charge is 2.40. The van der Waals surface area contributed by atoms with Crippen LogP contribution in [0.5, 0.6) is 0 Å². The zero-order valence-corrected chi connectivity index (χ0v) is 16.2. The molecule has 6 heteroatoms. The Balaban J connectivity index is 1.66. The Hall–Kier alpha value is -2.60. The molecule has 1 aliphatic rings. The Morgan fingerprint density at radius 3 is 2.41 bits per heavy atom. The van der Waals surface area contributed by atoms with Gasteiger partial charge in [0.15, 0.2) is 0 Å². The number of thioether (sulfide) groups is 1. The number of rotatable bonds is 6. The lowest BCUT2D eigenvalue weighted by Gasteiger charge is -2.15. The summed E-state index contributed by atoms with van der Waals surface area (Å²) in [5, 5.41) is 2.40. The van der Waals surface area contributed by atoms with Crippen LogP contribution < -0.4 is 10.2 Å². The van der Waals surface area contributed by atoms with E-state index in [-0.39, 0.29) is 24.1 Å². The van der Waals surface area contributed by atoms with Gasteiger partial charge in [0.25, 0.3) is 0 Å². The average Bonchev–Trinajstić information content (AvgIpc) is 2.91. The van der Waals surface area contributed by atoms with Crippen molar-refractivity contribution in [2.45, 2.75) is 43.3 Å². The second kappa shape index (κ2) is 8.39. The van der Waals surface area contributed by atoms with Crippen LogP contribution in [0.15, 0.2) is 53.4 Å². The summed E-state index contributed by atoms with van der Waals surface area (Å²) in [4.78, 5) is 38.9. The molecule has 2 aromatic carbocycles. The van der Waals surface area contributed by atoms with Gasteiger partial charge in [-0.3, -0.25) is 14.4 Å². The highest BCUT2D eigenvalue weighted by atomic mass is 32.2. The van der Waals surface area contributed by atoms with Crippen LogP contribution in [-0.2, 0) is 14.4 Å². The Morgan fingerprint density at radius 1 is 1.11 bits per heavy atom. The van der Waals surface area contributed by atoms with Gasteiger partial charge in [-0.05, 0) is 49.7 Å². The molecule has 2 aromatic rings. The fourth-order valence-electron chi connectivity index (χ4n) is 2.89. The second-order valence-electron chi connectivity index (χ2n) is 6.54. The Labute approximate surface area is 163 Å². The van der Waals surface area contributed by atoms with Gasteiger partial charge in [-0.15, -0.1) is 11.8 Å². The van der Waals surface area contributed by atoms with E-state index >= 15 is 0 Å². The Kier molecular flexibility index (Phi) is 5.96. The largest absolute Gasteiger partial charge is 0.326 e. The molecule has 1 saturated heterocycles. The normalized spacial score (nSPS) is 16.7. The van der Waals surface area contributed by atoms with E-state index in [0.29, 0.717) is 12.1 Å². The standard InChI is InChI=1S/C21H22N2O3S/c1-3-4-19(24)22-15-7-11-17(12-8-15)27-18-13-20(25)23(21(18)26)16-9-5-14(2)6-10-16/h5-12,18H,3-4,13H2,1-2H3,(H,22,24)/t18-/m0/s1. The minimum absolute atomic E-state index is 0.0109. The SMILES string of the molecule is CCCC(=O)Nc1ccc(S[C@H]2CC(=O)N(c3ccc(C)cc3)C2=O)cc1. The van der Waals surface area contributed by atoms with Gasteiger partial charge in [-0.25, -0.2) is 4.90 Å². The van der Waals surface area contributed by atoms with Crippen LogP contribution in [-0.4, -0.2) is 23.0 Å². The molecule has 140 valence electrons. The van der Waals surface area contributed by atoms with Crippen LogP contribution in [0, 0.1) is 6.92 Å². The maximum absolute atomic E-state index is 12.7. The molecule has 5 nitrogen and oxygen atoms in total. The summed E-state index contributed by atoms with van der Waals surface area (Å²) >= 11 is 1.38. The quantitative estimate of drug-likeness (QED) is 0.762. The topological polar surface area (TPSA) is 66.5 Å². The van der Waals surface area contributed by atoms with Gasteiger partial charge < -0.3 is 5.32 Å². The van der Waals surface area contributed by atoms with Crippen LogP contribution in [0.3, 0.4) is 0 Å². The van der Waals surface area contributed by atoms with E-state index in [4.69, 9.17) is 0 Å². The van der Waals surface area contributed by atoms with E-state index in [2.05, 4.69) is 5.32 Å². The molecule has 0 aromatic heterocycles.